The second-order valence-electron chi connectivity index (χ2n) is 6.87. The number of ether oxygens (including phenoxy) is 1. The van der Waals surface area contributed by atoms with Gasteiger partial charge < -0.3 is 20.3 Å². The summed E-state index contributed by atoms with van der Waals surface area (Å²) in [6.07, 6.45) is 0.902. The molecule has 0 amide bonds. The Balaban J connectivity index is 0.00000450. The molecule has 0 spiro atoms. The Kier molecular flexibility index (Phi) is 13.0. The SMILES string of the molecule is CCN(CC)CCOc1ccc(CNC(=NC)NCCc2nc(C)c(C)s2)cc1.I. The van der Waals surface area contributed by atoms with Gasteiger partial charge in [-0.2, -0.15) is 0 Å². The van der Waals surface area contributed by atoms with Crippen molar-refractivity contribution in [2.45, 2.75) is 40.7 Å². The van der Waals surface area contributed by atoms with E-state index in [0.29, 0.717) is 6.61 Å². The highest BCUT2D eigenvalue weighted by molar-refractivity contribution is 14.0. The highest BCUT2D eigenvalue weighted by Gasteiger charge is 2.05. The minimum absolute atomic E-state index is 0. The molecule has 168 valence electrons. The molecule has 0 radical (unpaired) electrons. The summed E-state index contributed by atoms with van der Waals surface area (Å²) in [4.78, 5) is 12.5. The van der Waals surface area contributed by atoms with Crippen LogP contribution in [-0.2, 0) is 13.0 Å². The van der Waals surface area contributed by atoms with E-state index in [-0.39, 0.29) is 24.0 Å². The van der Waals surface area contributed by atoms with Crippen LogP contribution in [0.3, 0.4) is 0 Å². The Bertz CT molecular complexity index is 740. The van der Waals surface area contributed by atoms with Crippen LogP contribution >= 0.6 is 35.3 Å². The molecule has 0 aliphatic carbocycles. The molecule has 0 atom stereocenters. The number of likely N-dealkylation sites (N-methyl/N-ethyl adjacent to an activating group) is 1. The lowest BCUT2D eigenvalue weighted by molar-refractivity contribution is 0.223. The third kappa shape index (κ3) is 9.18. The summed E-state index contributed by atoms with van der Waals surface area (Å²) in [5, 5.41) is 7.88. The molecule has 2 aromatic rings. The molecule has 1 aromatic carbocycles. The largest absolute Gasteiger partial charge is 0.492 e. The van der Waals surface area contributed by atoms with E-state index >= 15 is 0 Å². The molecule has 0 saturated heterocycles. The van der Waals surface area contributed by atoms with Crippen LogP contribution in [0, 0.1) is 13.8 Å². The fourth-order valence-corrected chi connectivity index (χ4v) is 3.81. The molecule has 0 aliphatic rings. The maximum Gasteiger partial charge on any atom is 0.191 e. The standard InChI is InChI=1S/C22H35N5OS.HI/c1-6-27(7-2)14-15-28-20-10-8-19(9-11-20)16-25-22(23-5)24-13-12-21-26-17(3)18(4)29-21;/h8-11H,6-7,12-16H2,1-5H3,(H2,23,24,25);1H. The number of aliphatic imine (C=N–C) groups is 1. The smallest absolute Gasteiger partial charge is 0.191 e. The highest BCUT2D eigenvalue weighted by atomic mass is 127. The van der Waals surface area contributed by atoms with Crippen LogP contribution in [0.4, 0.5) is 0 Å². The average Bonchev–Trinajstić information content (AvgIpc) is 3.06. The summed E-state index contributed by atoms with van der Waals surface area (Å²) in [7, 11) is 1.79. The predicted octanol–water partition coefficient (Wildman–Crippen LogP) is 4.01. The third-order valence-corrected chi connectivity index (χ3v) is 6.01. The van der Waals surface area contributed by atoms with Gasteiger partial charge >= 0.3 is 0 Å². The van der Waals surface area contributed by atoms with E-state index in [1.807, 2.05) is 12.1 Å². The third-order valence-electron chi connectivity index (χ3n) is 4.88. The van der Waals surface area contributed by atoms with Crippen molar-refractivity contribution in [3.05, 3.63) is 45.4 Å². The molecule has 30 heavy (non-hydrogen) atoms. The van der Waals surface area contributed by atoms with Gasteiger partial charge in [-0.3, -0.25) is 4.99 Å². The lowest BCUT2D eigenvalue weighted by atomic mass is 10.2. The first-order chi connectivity index (χ1) is 14.0. The molecule has 0 saturated carbocycles. The van der Waals surface area contributed by atoms with Gasteiger partial charge in [-0.1, -0.05) is 26.0 Å². The van der Waals surface area contributed by atoms with Crippen LogP contribution in [0.2, 0.25) is 0 Å². The number of hydrogen-bond acceptors (Lipinski definition) is 5. The van der Waals surface area contributed by atoms with E-state index in [1.54, 1.807) is 18.4 Å². The first-order valence-corrected chi connectivity index (χ1v) is 11.2. The van der Waals surface area contributed by atoms with E-state index in [4.69, 9.17) is 4.74 Å². The number of nitrogens with zero attached hydrogens (tertiary/aromatic N) is 3. The number of aromatic nitrogens is 1. The summed E-state index contributed by atoms with van der Waals surface area (Å²) >= 11 is 1.77. The van der Waals surface area contributed by atoms with Crippen molar-refractivity contribution < 1.29 is 4.74 Å². The molecule has 2 N–H and O–H groups in total. The highest BCUT2D eigenvalue weighted by Crippen LogP contribution is 2.16. The zero-order chi connectivity index (χ0) is 21.1. The van der Waals surface area contributed by atoms with Gasteiger partial charge in [0.1, 0.15) is 12.4 Å². The first-order valence-electron chi connectivity index (χ1n) is 10.4. The number of nitrogens with one attached hydrogen (secondary N) is 2. The fraction of sp³-hybridized carbons (Fsp3) is 0.545. The van der Waals surface area contributed by atoms with E-state index in [1.165, 1.54) is 15.4 Å². The van der Waals surface area contributed by atoms with Crippen molar-refractivity contribution in [1.82, 2.24) is 20.5 Å². The Morgan fingerprint density at radius 1 is 1.13 bits per heavy atom. The lowest BCUT2D eigenvalue weighted by Crippen LogP contribution is -2.37. The number of aryl methyl sites for hydroxylation is 2. The second kappa shape index (κ2) is 14.6. The van der Waals surface area contributed by atoms with Crippen molar-refractivity contribution in [2.24, 2.45) is 4.99 Å². The number of guanidine groups is 1. The Morgan fingerprint density at radius 3 is 2.40 bits per heavy atom. The van der Waals surface area contributed by atoms with Crippen LogP contribution in [0.25, 0.3) is 0 Å². The average molecular weight is 546 g/mol. The summed E-state index contributed by atoms with van der Waals surface area (Å²) < 4.78 is 5.84. The minimum atomic E-state index is 0. The van der Waals surface area contributed by atoms with Crippen molar-refractivity contribution in [1.29, 1.82) is 0 Å². The number of hydrogen-bond donors (Lipinski definition) is 2. The van der Waals surface area contributed by atoms with Gasteiger partial charge in [-0.05, 0) is 44.6 Å². The normalized spacial score (nSPS) is 11.3. The van der Waals surface area contributed by atoms with E-state index in [0.717, 1.165) is 56.5 Å². The van der Waals surface area contributed by atoms with Crippen molar-refractivity contribution in [3.8, 4) is 5.75 Å². The molecule has 2 rings (SSSR count). The second-order valence-corrected chi connectivity index (χ2v) is 8.16. The Morgan fingerprint density at radius 2 is 1.83 bits per heavy atom. The molecular formula is C22H36IN5OS. The molecule has 0 fully saturated rings. The van der Waals surface area contributed by atoms with Gasteiger partial charge in [-0.15, -0.1) is 35.3 Å². The molecule has 0 aliphatic heterocycles. The quantitative estimate of drug-likeness (QED) is 0.254. The van der Waals surface area contributed by atoms with Gasteiger partial charge in [0.05, 0.1) is 10.7 Å². The maximum atomic E-state index is 5.84. The minimum Gasteiger partial charge on any atom is -0.492 e. The Labute approximate surface area is 202 Å². The first kappa shape index (κ1) is 26.6. The zero-order valence-electron chi connectivity index (χ0n) is 18.8. The van der Waals surface area contributed by atoms with Crippen LogP contribution < -0.4 is 15.4 Å². The molecule has 8 heteroatoms. The molecule has 1 aromatic heterocycles. The molecular weight excluding hydrogens is 509 g/mol. The number of benzene rings is 1. The zero-order valence-corrected chi connectivity index (χ0v) is 22.0. The van der Waals surface area contributed by atoms with E-state index < -0.39 is 0 Å². The van der Waals surface area contributed by atoms with Crippen LogP contribution in [0.5, 0.6) is 5.75 Å². The van der Waals surface area contributed by atoms with Gasteiger partial charge in [0.25, 0.3) is 0 Å². The number of rotatable bonds is 11. The molecule has 0 unspecified atom stereocenters. The van der Waals surface area contributed by atoms with Crippen molar-refractivity contribution in [2.75, 3.05) is 39.8 Å². The van der Waals surface area contributed by atoms with Crippen LogP contribution in [-0.4, -0.2) is 55.7 Å². The van der Waals surface area contributed by atoms with Gasteiger partial charge in [0.2, 0.25) is 0 Å². The fourth-order valence-electron chi connectivity index (χ4n) is 2.88. The summed E-state index contributed by atoms with van der Waals surface area (Å²) in [5.41, 5.74) is 2.32. The lowest BCUT2D eigenvalue weighted by Gasteiger charge is -2.18. The predicted molar refractivity (Wildman–Crippen MR) is 139 cm³/mol. The molecule has 6 nitrogen and oxygen atoms in total. The summed E-state index contributed by atoms with van der Waals surface area (Å²) in [5.74, 6) is 1.71. The number of thiazole rings is 1. The summed E-state index contributed by atoms with van der Waals surface area (Å²) in [6, 6.07) is 8.24. The van der Waals surface area contributed by atoms with E-state index in [2.05, 4.69) is 65.3 Å². The molecule has 0 bridgehead atoms. The van der Waals surface area contributed by atoms with Crippen molar-refractivity contribution in [3.63, 3.8) is 0 Å². The van der Waals surface area contributed by atoms with E-state index in [9.17, 15) is 0 Å². The Hall–Kier alpha value is -1.39. The van der Waals surface area contributed by atoms with Gasteiger partial charge in [0.15, 0.2) is 5.96 Å². The topological polar surface area (TPSA) is 61.8 Å². The van der Waals surface area contributed by atoms with Gasteiger partial charge in [0, 0.05) is 38.0 Å². The number of halogens is 1. The summed E-state index contributed by atoms with van der Waals surface area (Å²) in [6.45, 7) is 13.8. The molecule has 1 heterocycles. The van der Waals surface area contributed by atoms with Gasteiger partial charge in [-0.25, -0.2) is 4.98 Å². The van der Waals surface area contributed by atoms with Crippen molar-refractivity contribution >= 4 is 41.3 Å². The maximum absolute atomic E-state index is 5.84. The monoisotopic (exact) mass is 545 g/mol. The van der Waals surface area contributed by atoms with Crippen LogP contribution in [0.15, 0.2) is 29.3 Å². The van der Waals surface area contributed by atoms with Crippen LogP contribution in [0.1, 0.15) is 35.0 Å².